The highest BCUT2D eigenvalue weighted by atomic mass is 32.2. The van der Waals surface area contributed by atoms with E-state index >= 15 is 0 Å². The van der Waals surface area contributed by atoms with E-state index < -0.39 is 5.25 Å². The van der Waals surface area contributed by atoms with Gasteiger partial charge in [0, 0.05) is 17.1 Å². The highest BCUT2D eigenvalue weighted by Gasteiger charge is 2.21. The fraction of sp³-hybridized carbons (Fsp3) is 0.190. The van der Waals surface area contributed by atoms with Crippen LogP contribution in [0.25, 0.3) is 22.4 Å². The molecular weight excluding hydrogens is 388 g/mol. The van der Waals surface area contributed by atoms with E-state index in [1.165, 1.54) is 11.8 Å². The number of aryl methyl sites for hydroxylation is 1. The molecule has 0 saturated carbocycles. The summed E-state index contributed by atoms with van der Waals surface area (Å²) in [6, 6.07) is 13.5. The average molecular weight is 408 g/mol. The molecule has 4 aromatic rings. The van der Waals surface area contributed by atoms with Gasteiger partial charge in [-0.15, -0.1) is 10.2 Å². The lowest BCUT2D eigenvalue weighted by Gasteiger charge is -2.13. The summed E-state index contributed by atoms with van der Waals surface area (Å²) in [6.45, 7) is 3.75. The third-order valence-corrected chi connectivity index (χ3v) is 5.42. The maximum Gasteiger partial charge on any atom is 0.277 e. The molecule has 2 aromatic heterocycles. The summed E-state index contributed by atoms with van der Waals surface area (Å²) in [5.41, 5.74) is 3.49. The van der Waals surface area contributed by atoms with Crippen LogP contribution in [0.2, 0.25) is 0 Å². The number of aromatic nitrogens is 3. The number of hydrogen-bond donors (Lipinski definition) is 2. The number of thioether (sulfide) groups is 1. The normalized spacial score (nSPS) is 12.1. The van der Waals surface area contributed by atoms with E-state index in [9.17, 15) is 4.79 Å². The molecule has 2 N–H and O–H groups in total. The van der Waals surface area contributed by atoms with Crippen molar-refractivity contribution in [3.63, 3.8) is 0 Å². The molecule has 29 heavy (non-hydrogen) atoms. The number of carbonyl (C=O) groups is 1. The zero-order chi connectivity index (χ0) is 20.4. The minimum Gasteiger partial charge on any atom is -0.495 e. The van der Waals surface area contributed by atoms with Gasteiger partial charge in [0.05, 0.1) is 23.6 Å². The fourth-order valence-electron chi connectivity index (χ4n) is 2.97. The number of amides is 1. The molecule has 2 aromatic carbocycles. The first-order valence-corrected chi connectivity index (χ1v) is 9.95. The van der Waals surface area contributed by atoms with Gasteiger partial charge in [-0.05, 0) is 37.6 Å². The molecule has 8 heteroatoms. The number of H-pyrrole nitrogens is 1. The molecule has 1 atom stereocenters. The number of rotatable bonds is 6. The van der Waals surface area contributed by atoms with E-state index in [-0.39, 0.29) is 5.91 Å². The molecule has 0 fully saturated rings. The summed E-state index contributed by atoms with van der Waals surface area (Å²) >= 11 is 1.21. The molecule has 2 heterocycles. The van der Waals surface area contributed by atoms with E-state index in [0.29, 0.717) is 22.6 Å². The lowest BCUT2D eigenvalue weighted by molar-refractivity contribution is -0.115. The molecule has 1 amide bonds. The van der Waals surface area contributed by atoms with E-state index in [1.807, 2.05) is 55.6 Å². The van der Waals surface area contributed by atoms with Crippen LogP contribution in [-0.4, -0.2) is 33.4 Å². The third-order valence-electron chi connectivity index (χ3n) is 4.49. The van der Waals surface area contributed by atoms with Gasteiger partial charge in [-0.1, -0.05) is 36.0 Å². The molecule has 7 nitrogen and oxygen atoms in total. The summed E-state index contributed by atoms with van der Waals surface area (Å²) in [4.78, 5) is 15.8. The predicted octanol–water partition coefficient (Wildman–Crippen LogP) is 4.65. The number of fused-ring (bicyclic) bond motifs is 1. The Bertz CT molecular complexity index is 1170. The van der Waals surface area contributed by atoms with Crippen LogP contribution in [0.1, 0.15) is 12.5 Å². The first-order chi connectivity index (χ1) is 14.0. The number of nitrogens with zero attached hydrogens (tertiary/aromatic N) is 2. The van der Waals surface area contributed by atoms with Crippen LogP contribution in [-0.2, 0) is 4.79 Å². The van der Waals surface area contributed by atoms with Crippen molar-refractivity contribution in [1.29, 1.82) is 0 Å². The van der Waals surface area contributed by atoms with Gasteiger partial charge in [-0.3, -0.25) is 4.79 Å². The van der Waals surface area contributed by atoms with Gasteiger partial charge in [-0.25, -0.2) is 0 Å². The van der Waals surface area contributed by atoms with Crippen LogP contribution < -0.4 is 10.1 Å². The Hall–Kier alpha value is -3.26. The van der Waals surface area contributed by atoms with Gasteiger partial charge in [0.2, 0.25) is 5.91 Å². The van der Waals surface area contributed by atoms with E-state index in [2.05, 4.69) is 20.5 Å². The van der Waals surface area contributed by atoms with Crippen LogP contribution in [0.5, 0.6) is 5.75 Å². The van der Waals surface area contributed by atoms with E-state index in [1.54, 1.807) is 14.0 Å². The van der Waals surface area contributed by atoms with Crippen LogP contribution in [0.15, 0.2) is 58.3 Å². The first kappa shape index (κ1) is 19.1. The number of ether oxygens (including phenoxy) is 1. The van der Waals surface area contributed by atoms with Gasteiger partial charge in [0.25, 0.3) is 11.1 Å². The van der Waals surface area contributed by atoms with Gasteiger partial charge in [0.15, 0.2) is 0 Å². The lowest BCUT2D eigenvalue weighted by Crippen LogP contribution is -2.22. The Kier molecular flexibility index (Phi) is 5.26. The average Bonchev–Trinajstić information content (AvgIpc) is 3.34. The number of para-hydroxylation sites is 1. The third kappa shape index (κ3) is 3.97. The summed E-state index contributed by atoms with van der Waals surface area (Å²) in [5, 5.41) is 12.0. The highest BCUT2D eigenvalue weighted by molar-refractivity contribution is 8.00. The summed E-state index contributed by atoms with van der Waals surface area (Å²) in [6.07, 6.45) is 1.84. The second kappa shape index (κ2) is 8.00. The van der Waals surface area contributed by atoms with Crippen molar-refractivity contribution in [1.82, 2.24) is 15.2 Å². The first-order valence-electron chi connectivity index (χ1n) is 9.07. The van der Waals surface area contributed by atoms with Crippen molar-refractivity contribution in [3.8, 4) is 17.2 Å². The topological polar surface area (TPSA) is 93.0 Å². The second-order valence-electron chi connectivity index (χ2n) is 6.57. The minimum atomic E-state index is -0.434. The van der Waals surface area contributed by atoms with Crippen molar-refractivity contribution in [3.05, 3.63) is 54.2 Å². The molecule has 0 saturated heterocycles. The Morgan fingerprint density at radius 2 is 2.07 bits per heavy atom. The van der Waals surface area contributed by atoms with Gasteiger partial charge in [0.1, 0.15) is 5.75 Å². The molecule has 0 unspecified atom stereocenters. The molecule has 0 aliphatic heterocycles. The zero-order valence-corrected chi connectivity index (χ0v) is 17.0. The molecule has 0 bridgehead atoms. The zero-order valence-electron chi connectivity index (χ0n) is 16.2. The van der Waals surface area contributed by atoms with E-state index in [0.717, 1.165) is 22.0 Å². The number of carbonyl (C=O) groups excluding carboxylic acids is 1. The maximum absolute atomic E-state index is 12.6. The molecule has 0 radical (unpaired) electrons. The number of aromatic amines is 1. The summed E-state index contributed by atoms with van der Waals surface area (Å²) in [7, 11) is 1.57. The Balaban J connectivity index is 1.47. The van der Waals surface area contributed by atoms with Crippen LogP contribution in [0.4, 0.5) is 5.69 Å². The van der Waals surface area contributed by atoms with Crippen molar-refractivity contribution in [2.45, 2.75) is 24.3 Å². The van der Waals surface area contributed by atoms with Crippen molar-refractivity contribution >= 4 is 34.3 Å². The Morgan fingerprint density at radius 1 is 1.24 bits per heavy atom. The number of hydrogen-bond acceptors (Lipinski definition) is 6. The Morgan fingerprint density at radius 3 is 2.90 bits per heavy atom. The van der Waals surface area contributed by atoms with E-state index in [4.69, 9.17) is 9.15 Å². The lowest BCUT2D eigenvalue weighted by atomic mass is 10.2. The smallest absolute Gasteiger partial charge is 0.277 e. The molecule has 148 valence electrons. The summed E-state index contributed by atoms with van der Waals surface area (Å²) < 4.78 is 11.1. The molecule has 0 aliphatic carbocycles. The molecular formula is C21H20N4O3S. The SMILES string of the molecule is COc1ccc(C)cc1NC(=O)[C@@H](C)Sc1nnc(-c2c[nH]c3ccccc23)o1. The monoisotopic (exact) mass is 408 g/mol. The van der Waals surface area contributed by atoms with Crippen LogP contribution in [0.3, 0.4) is 0 Å². The quantitative estimate of drug-likeness (QED) is 0.451. The van der Waals surface area contributed by atoms with Crippen LogP contribution in [0, 0.1) is 6.92 Å². The Labute approximate surface area is 171 Å². The van der Waals surface area contributed by atoms with Gasteiger partial charge >= 0.3 is 0 Å². The molecule has 0 spiro atoms. The fourth-order valence-corrected chi connectivity index (χ4v) is 3.66. The molecule has 0 aliphatic rings. The molecule has 4 rings (SSSR count). The number of anilines is 1. The van der Waals surface area contributed by atoms with Crippen molar-refractivity contribution in [2.75, 3.05) is 12.4 Å². The largest absolute Gasteiger partial charge is 0.495 e. The van der Waals surface area contributed by atoms with Crippen molar-refractivity contribution in [2.24, 2.45) is 0 Å². The number of benzene rings is 2. The van der Waals surface area contributed by atoms with Gasteiger partial charge in [-0.2, -0.15) is 0 Å². The predicted molar refractivity (Wildman–Crippen MR) is 113 cm³/mol. The summed E-state index contributed by atoms with van der Waals surface area (Å²) in [5.74, 6) is 0.851. The number of methoxy groups -OCH3 is 1. The van der Waals surface area contributed by atoms with Crippen molar-refractivity contribution < 1.29 is 13.9 Å². The number of nitrogens with one attached hydrogen (secondary N) is 2. The highest BCUT2D eigenvalue weighted by Crippen LogP contribution is 2.31. The minimum absolute atomic E-state index is 0.175. The second-order valence-corrected chi connectivity index (χ2v) is 7.87. The maximum atomic E-state index is 12.6. The van der Waals surface area contributed by atoms with Crippen LogP contribution >= 0.6 is 11.8 Å². The standard InChI is InChI=1S/C21H20N4O3S/c1-12-8-9-18(27-3)17(10-12)23-19(26)13(2)29-21-25-24-20(28-21)15-11-22-16-7-5-4-6-14(15)16/h4-11,13,22H,1-3H3,(H,23,26)/t13-/m1/s1. The van der Waals surface area contributed by atoms with Gasteiger partial charge < -0.3 is 19.5 Å².